The van der Waals surface area contributed by atoms with Gasteiger partial charge in [-0.2, -0.15) is 0 Å². The van der Waals surface area contributed by atoms with E-state index in [-0.39, 0.29) is 11.7 Å². The van der Waals surface area contributed by atoms with Gasteiger partial charge in [0.2, 0.25) is 0 Å². The molecule has 0 aliphatic carbocycles. The van der Waals surface area contributed by atoms with Gasteiger partial charge in [0.1, 0.15) is 5.82 Å². The summed E-state index contributed by atoms with van der Waals surface area (Å²) in [5.41, 5.74) is 1.77. The van der Waals surface area contributed by atoms with Crippen molar-refractivity contribution >= 4 is 48.9 Å². The van der Waals surface area contributed by atoms with Crippen LogP contribution in [-0.2, 0) is 0 Å². The van der Waals surface area contributed by atoms with Gasteiger partial charge in [-0.05, 0) is 58.1 Å². The van der Waals surface area contributed by atoms with Gasteiger partial charge in [0.15, 0.2) is 0 Å². The van der Waals surface area contributed by atoms with Gasteiger partial charge >= 0.3 is 0 Å². The number of hydrogen-bond acceptors (Lipinski definition) is 2. The molecule has 5 heteroatoms. The molecule has 0 saturated carbocycles. The van der Waals surface area contributed by atoms with Crippen molar-refractivity contribution in [2.75, 3.05) is 5.32 Å². The van der Waals surface area contributed by atoms with Gasteiger partial charge in [-0.15, -0.1) is 11.3 Å². The van der Waals surface area contributed by atoms with Crippen LogP contribution in [0.1, 0.15) is 15.2 Å². The normalized spacial score (nSPS) is 10.8. The Morgan fingerprint density at radius 1 is 1.24 bits per heavy atom. The monoisotopic (exact) mass is 363 g/mol. The van der Waals surface area contributed by atoms with Crippen molar-refractivity contribution < 1.29 is 9.18 Å². The minimum atomic E-state index is -0.294. The molecule has 1 amide bonds. The van der Waals surface area contributed by atoms with Crippen molar-refractivity contribution in [2.45, 2.75) is 6.92 Å². The van der Waals surface area contributed by atoms with Crippen molar-refractivity contribution in [3.8, 4) is 0 Å². The fraction of sp³-hybridized carbons (Fsp3) is 0.0625. The zero-order valence-corrected chi connectivity index (χ0v) is 13.5. The quantitative estimate of drug-likeness (QED) is 0.651. The standard InChI is InChI=1S/C16H11BrFNOS/c1-9-3-2-4-12(15(9)17)19-16(20)14-7-10-5-6-11(18)8-13(10)21-14/h2-8H,1H3,(H,19,20). The molecule has 0 unspecified atom stereocenters. The van der Waals surface area contributed by atoms with Crippen LogP contribution in [0.5, 0.6) is 0 Å². The second-order valence-corrected chi connectivity index (χ2v) is 6.56. The first-order chi connectivity index (χ1) is 10.0. The zero-order chi connectivity index (χ0) is 15.0. The predicted octanol–water partition coefficient (Wildman–Crippen LogP) is 5.36. The molecule has 21 heavy (non-hydrogen) atoms. The van der Waals surface area contributed by atoms with Crippen molar-refractivity contribution in [3.63, 3.8) is 0 Å². The minimum Gasteiger partial charge on any atom is -0.320 e. The average Bonchev–Trinajstić information content (AvgIpc) is 2.87. The van der Waals surface area contributed by atoms with Gasteiger partial charge in [-0.3, -0.25) is 4.79 Å². The van der Waals surface area contributed by atoms with Gasteiger partial charge < -0.3 is 5.32 Å². The molecule has 0 atom stereocenters. The molecular weight excluding hydrogens is 353 g/mol. The topological polar surface area (TPSA) is 29.1 Å². The number of thiophene rings is 1. The summed E-state index contributed by atoms with van der Waals surface area (Å²) in [4.78, 5) is 12.9. The number of carbonyl (C=O) groups is 1. The van der Waals surface area contributed by atoms with Crippen LogP contribution in [-0.4, -0.2) is 5.91 Å². The zero-order valence-electron chi connectivity index (χ0n) is 11.1. The smallest absolute Gasteiger partial charge is 0.265 e. The first-order valence-corrected chi connectivity index (χ1v) is 7.91. The SMILES string of the molecule is Cc1cccc(NC(=O)c2cc3ccc(F)cc3s2)c1Br. The number of nitrogens with one attached hydrogen (secondary N) is 1. The second kappa shape index (κ2) is 5.58. The van der Waals surface area contributed by atoms with Crippen molar-refractivity contribution in [3.05, 3.63) is 63.2 Å². The highest BCUT2D eigenvalue weighted by molar-refractivity contribution is 9.10. The first kappa shape index (κ1) is 14.2. The van der Waals surface area contributed by atoms with Crippen LogP contribution in [0, 0.1) is 12.7 Å². The summed E-state index contributed by atoms with van der Waals surface area (Å²) in [5, 5.41) is 3.74. The van der Waals surface area contributed by atoms with E-state index in [1.54, 1.807) is 12.1 Å². The number of halogens is 2. The van der Waals surface area contributed by atoms with Crippen LogP contribution < -0.4 is 5.32 Å². The number of rotatable bonds is 2. The third-order valence-corrected chi connectivity index (χ3v) is 5.30. The highest BCUT2D eigenvalue weighted by Crippen LogP contribution is 2.29. The maximum atomic E-state index is 13.2. The van der Waals surface area contributed by atoms with Crippen LogP contribution in [0.2, 0.25) is 0 Å². The van der Waals surface area contributed by atoms with Crippen LogP contribution in [0.3, 0.4) is 0 Å². The fourth-order valence-electron chi connectivity index (χ4n) is 2.04. The van der Waals surface area contributed by atoms with Crippen LogP contribution in [0.25, 0.3) is 10.1 Å². The second-order valence-electron chi connectivity index (χ2n) is 4.68. The van der Waals surface area contributed by atoms with Gasteiger partial charge in [0, 0.05) is 9.17 Å². The number of amides is 1. The maximum absolute atomic E-state index is 13.2. The van der Waals surface area contributed by atoms with Gasteiger partial charge in [-0.25, -0.2) is 4.39 Å². The molecule has 0 spiro atoms. The lowest BCUT2D eigenvalue weighted by atomic mass is 10.2. The lowest BCUT2D eigenvalue weighted by molar-refractivity contribution is 0.103. The Labute approximate surface area is 133 Å². The Bertz CT molecular complexity index is 843. The highest BCUT2D eigenvalue weighted by atomic mass is 79.9. The molecule has 0 aliphatic rings. The number of aryl methyl sites for hydroxylation is 1. The van der Waals surface area contributed by atoms with E-state index >= 15 is 0 Å². The van der Waals surface area contributed by atoms with E-state index in [0.29, 0.717) is 4.88 Å². The first-order valence-electron chi connectivity index (χ1n) is 6.30. The summed E-state index contributed by atoms with van der Waals surface area (Å²) >= 11 is 4.75. The number of hydrogen-bond donors (Lipinski definition) is 1. The minimum absolute atomic E-state index is 0.192. The number of carbonyl (C=O) groups excluding carboxylic acids is 1. The molecule has 0 radical (unpaired) electrons. The fourth-order valence-corrected chi connectivity index (χ4v) is 3.39. The predicted molar refractivity (Wildman–Crippen MR) is 88.6 cm³/mol. The van der Waals surface area contributed by atoms with E-state index < -0.39 is 0 Å². The molecule has 3 rings (SSSR count). The van der Waals surface area contributed by atoms with Gasteiger partial charge in [0.05, 0.1) is 10.6 Å². The van der Waals surface area contributed by atoms with Crippen molar-refractivity contribution in [1.29, 1.82) is 0 Å². The summed E-state index contributed by atoms with van der Waals surface area (Å²) in [6, 6.07) is 12.0. The maximum Gasteiger partial charge on any atom is 0.265 e. The lowest BCUT2D eigenvalue weighted by Gasteiger charge is -2.07. The summed E-state index contributed by atoms with van der Waals surface area (Å²) in [6.45, 7) is 1.96. The summed E-state index contributed by atoms with van der Waals surface area (Å²) in [6.07, 6.45) is 0. The number of anilines is 1. The molecule has 0 bridgehead atoms. The summed E-state index contributed by atoms with van der Waals surface area (Å²) in [5.74, 6) is -0.486. The number of benzene rings is 2. The van der Waals surface area contributed by atoms with E-state index in [4.69, 9.17) is 0 Å². The van der Waals surface area contributed by atoms with E-state index in [1.807, 2.05) is 25.1 Å². The molecular formula is C16H11BrFNOS. The molecule has 2 nitrogen and oxygen atoms in total. The Morgan fingerprint density at radius 2 is 2.05 bits per heavy atom. The molecule has 0 aliphatic heterocycles. The molecule has 1 aromatic heterocycles. The van der Waals surface area contributed by atoms with Gasteiger partial charge in [-0.1, -0.05) is 18.2 Å². The molecule has 3 aromatic rings. The Hall–Kier alpha value is -1.72. The van der Waals surface area contributed by atoms with E-state index in [9.17, 15) is 9.18 Å². The Balaban J connectivity index is 1.91. The molecule has 0 saturated heterocycles. The Morgan fingerprint density at radius 3 is 2.86 bits per heavy atom. The molecule has 2 aromatic carbocycles. The van der Waals surface area contributed by atoms with Crippen LogP contribution >= 0.6 is 27.3 Å². The Kier molecular flexibility index (Phi) is 3.78. The van der Waals surface area contributed by atoms with Gasteiger partial charge in [0.25, 0.3) is 5.91 Å². The van der Waals surface area contributed by atoms with Crippen molar-refractivity contribution in [2.24, 2.45) is 0 Å². The van der Waals surface area contributed by atoms with E-state index in [1.165, 1.54) is 23.5 Å². The summed E-state index contributed by atoms with van der Waals surface area (Å²) < 4.78 is 14.8. The lowest BCUT2D eigenvalue weighted by Crippen LogP contribution is -2.10. The molecule has 0 fully saturated rings. The van der Waals surface area contributed by atoms with Crippen LogP contribution in [0.4, 0.5) is 10.1 Å². The average molecular weight is 364 g/mol. The van der Waals surface area contributed by atoms with E-state index in [0.717, 1.165) is 25.8 Å². The van der Waals surface area contributed by atoms with Crippen molar-refractivity contribution in [1.82, 2.24) is 0 Å². The molecule has 106 valence electrons. The molecule has 1 heterocycles. The van der Waals surface area contributed by atoms with Crippen LogP contribution in [0.15, 0.2) is 46.9 Å². The number of fused-ring (bicyclic) bond motifs is 1. The summed E-state index contributed by atoms with van der Waals surface area (Å²) in [7, 11) is 0. The largest absolute Gasteiger partial charge is 0.320 e. The highest BCUT2D eigenvalue weighted by Gasteiger charge is 2.13. The third-order valence-electron chi connectivity index (χ3n) is 3.15. The third kappa shape index (κ3) is 2.84. The van der Waals surface area contributed by atoms with E-state index in [2.05, 4.69) is 21.2 Å². The molecule has 1 N–H and O–H groups in total.